The van der Waals surface area contributed by atoms with Crippen molar-refractivity contribution in [3.05, 3.63) is 24.3 Å². The van der Waals surface area contributed by atoms with Gasteiger partial charge in [0.15, 0.2) is 0 Å². The maximum absolute atomic E-state index is 12.1. The zero-order valence-corrected chi connectivity index (χ0v) is 12.9. The van der Waals surface area contributed by atoms with Crippen molar-refractivity contribution in [1.29, 1.82) is 0 Å². The summed E-state index contributed by atoms with van der Waals surface area (Å²) in [7, 11) is 0. The molecule has 0 aliphatic carbocycles. The predicted molar refractivity (Wildman–Crippen MR) is 82.7 cm³/mol. The number of esters is 1. The van der Waals surface area contributed by atoms with Crippen LogP contribution in [-0.2, 0) is 19.1 Å². The van der Waals surface area contributed by atoms with Gasteiger partial charge in [-0.15, -0.1) is 0 Å². The smallest absolute Gasteiger partial charge is 0.313 e. The molecule has 1 fully saturated rings. The van der Waals surface area contributed by atoms with E-state index in [4.69, 9.17) is 4.74 Å². The lowest BCUT2D eigenvalue weighted by molar-refractivity contribution is -0.152. The summed E-state index contributed by atoms with van der Waals surface area (Å²) < 4.78 is 4.97. The van der Waals surface area contributed by atoms with Crippen molar-refractivity contribution in [1.82, 2.24) is 4.90 Å². The molecule has 7 nitrogen and oxygen atoms in total. The van der Waals surface area contributed by atoms with Crippen molar-refractivity contribution >= 4 is 23.5 Å². The minimum Gasteiger partial charge on any atom is -0.508 e. The Balaban J connectivity index is 1.85. The molecule has 23 heavy (non-hydrogen) atoms. The van der Waals surface area contributed by atoms with E-state index in [9.17, 15) is 19.5 Å². The maximum atomic E-state index is 12.1. The Hall–Kier alpha value is -2.57. The van der Waals surface area contributed by atoms with Gasteiger partial charge >= 0.3 is 17.8 Å². The summed E-state index contributed by atoms with van der Waals surface area (Å²) in [6.45, 7) is 2.80. The van der Waals surface area contributed by atoms with Crippen molar-refractivity contribution in [3.8, 4) is 5.75 Å². The van der Waals surface area contributed by atoms with Crippen LogP contribution in [0.5, 0.6) is 5.75 Å². The van der Waals surface area contributed by atoms with Gasteiger partial charge in [0.25, 0.3) is 0 Å². The van der Waals surface area contributed by atoms with Crippen LogP contribution in [0.25, 0.3) is 0 Å². The molecule has 0 unspecified atom stereocenters. The van der Waals surface area contributed by atoms with E-state index in [2.05, 4.69) is 5.32 Å². The molecule has 1 aromatic carbocycles. The van der Waals surface area contributed by atoms with E-state index in [1.54, 1.807) is 6.92 Å². The Kier molecular flexibility index (Phi) is 5.56. The zero-order valence-electron chi connectivity index (χ0n) is 12.9. The van der Waals surface area contributed by atoms with Crippen molar-refractivity contribution < 1.29 is 24.2 Å². The van der Waals surface area contributed by atoms with Crippen molar-refractivity contribution in [2.45, 2.75) is 19.8 Å². The third-order valence-electron chi connectivity index (χ3n) is 3.72. The van der Waals surface area contributed by atoms with E-state index in [0.717, 1.165) is 0 Å². The number of nitrogens with zero attached hydrogens (tertiary/aromatic N) is 1. The summed E-state index contributed by atoms with van der Waals surface area (Å²) in [4.78, 5) is 37.2. The number of carbonyl (C=O) groups excluding carboxylic acids is 3. The SMILES string of the molecule is CCOC(=O)C1CCN(C(=O)C(=O)Nc2ccc(O)cc2)CC1. The van der Waals surface area contributed by atoms with Gasteiger partial charge in [-0.2, -0.15) is 0 Å². The molecule has 0 saturated carbocycles. The Labute approximate surface area is 134 Å². The molecule has 0 spiro atoms. The topological polar surface area (TPSA) is 95.9 Å². The Bertz CT molecular complexity index is 577. The third kappa shape index (κ3) is 4.45. The highest BCUT2D eigenvalue weighted by molar-refractivity contribution is 6.39. The first-order chi connectivity index (χ1) is 11.0. The molecule has 0 radical (unpaired) electrons. The van der Waals surface area contributed by atoms with Crippen molar-refractivity contribution in [2.75, 3.05) is 25.0 Å². The molecule has 2 rings (SSSR count). The average molecular weight is 320 g/mol. The third-order valence-corrected chi connectivity index (χ3v) is 3.72. The number of amides is 2. The number of nitrogens with one attached hydrogen (secondary N) is 1. The largest absolute Gasteiger partial charge is 0.508 e. The summed E-state index contributed by atoms with van der Waals surface area (Å²) in [5.41, 5.74) is 0.433. The van der Waals surface area contributed by atoms with E-state index < -0.39 is 11.8 Å². The molecule has 1 aliphatic rings. The quantitative estimate of drug-likeness (QED) is 0.494. The van der Waals surface area contributed by atoms with Gasteiger partial charge < -0.3 is 20.1 Å². The summed E-state index contributed by atoms with van der Waals surface area (Å²) in [5.74, 6) is -1.73. The van der Waals surface area contributed by atoms with Crippen LogP contribution < -0.4 is 5.32 Å². The van der Waals surface area contributed by atoms with Crippen LogP contribution in [0, 0.1) is 5.92 Å². The summed E-state index contributed by atoms with van der Waals surface area (Å²) >= 11 is 0. The summed E-state index contributed by atoms with van der Waals surface area (Å²) in [5, 5.41) is 11.7. The van der Waals surface area contributed by atoms with Crippen LogP contribution in [0.15, 0.2) is 24.3 Å². The fourth-order valence-electron chi connectivity index (χ4n) is 2.45. The first kappa shape index (κ1) is 16.8. The van der Waals surface area contributed by atoms with Crippen LogP contribution in [0.1, 0.15) is 19.8 Å². The van der Waals surface area contributed by atoms with Gasteiger partial charge in [-0.1, -0.05) is 0 Å². The first-order valence-corrected chi connectivity index (χ1v) is 7.57. The monoisotopic (exact) mass is 320 g/mol. The molecule has 1 heterocycles. The average Bonchev–Trinajstić information content (AvgIpc) is 2.56. The number of carbonyl (C=O) groups is 3. The van der Waals surface area contributed by atoms with Gasteiger partial charge in [0.1, 0.15) is 5.75 Å². The molecule has 1 aromatic rings. The number of hydrogen-bond acceptors (Lipinski definition) is 5. The highest BCUT2D eigenvalue weighted by Gasteiger charge is 2.30. The van der Waals surface area contributed by atoms with Gasteiger partial charge in [-0.05, 0) is 44.0 Å². The standard InChI is InChI=1S/C16H20N2O5/c1-2-23-16(22)11-7-9-18(10-8-11)15(21)14(20)17-12-3-5-13(19)6-4-12/h3-6,11,19H,2,7-10H2,1H3,(H,17,20). The second kappa shape index (κ2) is 7.62. The lowest BCUT2D eigenvalue weighted by atomic mass is 9.97. The van der Waals surface area contributed by atoms with Crippen molar-refractivity contribution in [3.63, 3.8) is 0 Å². The number of benzene rings is 1. The number of piperidine rings is 1. The van der Waals surface area contributed by atoms with E-state index >= 15 is 0 Å². The fourth-order valence-corrected chi connectivity index (χ4v) is 2.45. The number of ether oxygens (including phenoxy) is 1. The molecule has 0 bridgehead atoms. The molecule has 7 heteroatoms. The van der Waals surface area contributed by atoms with Crippen LogP contribution >= 0.6 is 0 Å². The van der Waals surface area contributed by atoms with Gasteiger partial charge in [0.2, 0.25) is 0 Å². The number of rotatable bonds is 3. The molecule has 1 aliphatic heterocycles. The second-order valence-corrected chi connectivity index (χ2v) is 5.32. The highest BCUT2D eigenvalue weighted by atomic mass is 16.5. The summed E-state index contributed by atoms with van der Waals surface area (Å²) in [6.07, 6.45) is 0.994. The van der Waals surface area contributed by atoms with Crippen LogP contribution in [0.3, 0.4) is 0 Å². The minimum atomic E-state index is -0.731. The lowest BCUT2D eigenvalue weighted by Gasteiger charge is -2.30. The van der Waals surface area contributed by atoms with Gasteiger partial charge in [-0.3, -0.25) is 14.4 Å². The number of aromatic hydroxyl groups is 1. The fraction of sp³-hybridized carbons (Fsp3) is 0.438. The van der Waals surface area contributed by atoms with Crippen molar-refractivity contribution in [2.24, 2.45) is 5.92 Å². The zero-order chi connectivity index (χ0) is 16.8. The molecule has 0 aromatic heterocycles. The molecule has 2 amide bonds. The van der Waals surface area contributed by atoms with Gasteiger partial charge in [0, 0.05) is 18.8 Å². The molecule has 0 atom stereocenters. The molecule has 2 N–H and O–H groups in total. The number of phenols is 1. The van der Waals surface area contributed by atoms with E-state index in [0.29, 0.717) is 38.2 Å². The van der Waals surface area contributed by atoms with E-state index in [-0.39, 0.29) is 17.6 Å². The van der Waals surface area contributed by atoms with Crippen LogP contribution in [0.4, 0.5) is 5.69 Å². The Morgan fingerprint density at radius 2 is 1.83 bits per heavy atom. The Morgan fingerprint density at radius 3 is 2.39 bits per heavy atom. The molecular formula is C16H20N2O5. The first-order valence-electron chi connectivity index (χ1n) is 7.57. The maximum Gasteiger partial charge on any atom is 0.313 e. The minimum absolute atomic E-state index is 0.0790. The molecular weight excluding hydrogens is 300 g/mol. The number of likely N-dealkylation sites (tertiary alicyclic amines) is 1. The predicted octanol–water partition coefficient (Wildman–Crippen LogP) is 1.13. The number of phenolic OH excluding ortho intramolecular Hbond substituents is 1. The van der Waals surface area contributed by atoms with Crippen LogP contribution in [0.2, 0.25) is 0 Å². The normalized spacial score (nSPS) is 15.1. The lowest BCUT2D eigenvalue weighted by Crippen LogP contribution is -2.45. The molecule has 124 valence electrons. The highest BCUT2D eigenvalue weighted by Crippen LogP contribution is 2.19. The van der Waals surface area contributed by atoms with Crippen LogP contribution in [-0.4, -0.2) is 47.5 Å². The van der Waals surface area contributed by atoms with Gasteiger partial charge in [-0.25, -0.2) is 0 Å². The number of anilines is 1. The van der Waals surface area contributed by atoms with Gasteiger partial charge in [0.05, 0.1) is 12.5 Å². The molecule has 1 saturated heterocycles. The van der Waals surface area contributed by atoms with E-state index in [1.807, 2.05) is 0 Å². The Morgan fingerprint density at radius 1 is 1.22 bits per heavy atom. The summed E-state index contributed by atoms with van der Waals surface area (Å²) in [6, 6.07) is 5.86. The van der Waals surface area contributed by atoms with E-state index in [1.165, 1.54) is 29.2 Å². The number of hydrogen-bond donors (Lipinski definition) is 2. The second-order valence-electron chi connectivity index (χ2n) is 5.32.